The highest BCUT2D eigenvalue weighted by Crippen LogP contribution is 2.37. The maximum absolute atomic E-state index is 13.4. The van der Waals surface area contributed by atoms with Crippen LogP contribution in [0.3, 0.4) is 0 Å². The largest absolute Gasteiger partial charge is 0.485 e. The van der Waals surface area contributed by atoms with Crippen LogP contribution in [0.1, 0.15) is 42.6 Å². The van der Waals surface area contributed by atoms with E-state index in [0.717, 1.165) is 11.3 Å². The van der Waals surface area contributed by atoms with Gasteiger partial charge in [-0.2, -0.15) is 5.10 Å². The molecular formula is C20H24F3N3O2. The molecule has 2 aliphatic rings. The van der Waals surface area contributed by atoms with Gasteiger partial charge in [0.1, 0.15) is 18.5 Å². The fraction of sp³-hybridized carbons (Fsp3) is 0.600. The lowest BCUT2D eigenvalue weighted by molar-refractivity contribution is -0.0797. The standard InChI is InChI=1S/C20H24F3N3O2/c1-13-10-26(25-18(13)9-21)19-8-16(28-17-11-27-12-17)7-15(24-19)6-14-2-4-20(22,23)5-3-14/h7-8,10,14,17H,2-6,9,11-12H2,1H3. The minimum atomic E-state index is -2.54. The lowest BCUT2D eigenvalue weighted by Crippen LogP contribution is -2.38. The first-order valence-corrected chi connectivity index (χ1v) is 9.66. The van der Waals surface area contributed by atoms with Gasteiger partial charge in [-0.15, -0.1) is 0 Å². The summed E-state index contributed by atoms with van der Waals surface area (Å²) >= 11 is 0. The molecule has 0 amide bonds. The quantitative estimate of drug-likeness (QED) is 0.736. The first-order chi connectivity index (χ1) is 13.4. The van der Waals surface area contributed by atoms with Crippen LogP contribution < -0.4 is 4.74 Å². The third-order valence-corrected chi connectivity index (χ3v) is 5.44. The predicted molar refractivity (Wildman–Crippen MR) is 96.8 cm³/mol. The number of hydrogen-bond donors (Lipinski definition) is 0. The molecule has 1 saturated heterocycles. The van der Waals surface area contributed by atoms with Crippen LogP contribution in [-0.4, -0.2) is 40.0 Å². The average molecular weight is 395 g/mol. The fourth-order valence-corrected chi connectivity index (χ4v) is 3.65. The molecule has 4 rings (SSSR count). The lowest BCUT2D eigenvalue weighted by atomic mass is 9.84. The summed E-state index contributed by atoms with van der Waals surface area (Å²) in [5.74, 6) is -1.19. The molecule has 3 heterocycles. The highest BCUT2D eigenvalue weighted by Gasteiger charge is 2.35. The molecule has 152 valence electrons. The van der Waals surface area contributed by atoms with E-state index in [0.29, 0.717) is 49.7 Å². The summed E-state index contributed by atoms with van der Waals surface area (Å²) in [6, 6.07) is 3.63. The van der Waals surface area contributed by atoms with E-state index in [1.165, 1.54) is 0 Å². The Bertz CT molecular complexity index is 826. The van der Waals surface area contributed by atoms with Crippen LogP contribution in [0.4, 0.5) is 13.2 Å². The minimum absolute atomic E-state index is 0.00256. The summed E-state index contributed by atoms with van der Waals surface area (Å²) in [4.78, 5) is 4.65. The highest BCUT2D eigenvalue weighted by molar-refractivity contribution is 5.36. The predicted octanol–water partition coefficient (Wildman–Crippen LogP) is 4.19. The Morgan fingerprint density at radius 3 is 2.61 bits per heavy atom. The topological polar surface area (TPSA) is 49.2 Å². The van der Waals surface area contributed by atoms with Crippen LogP contribution in [-0.2, 0) is 17.8 Å². The minimum Gasteiger partial charge on any atom is -0.485 e. The molecule has 0 unspecified atom stereocenters. The van der Waals surface area contributed by atoms with E-state index < -0.39 is 12.6 Å². The van der Waals surface area contributed by atoms with Crippen LogP contribution in [0, 0.1) is 12.8 Å². The fourth-order valence-electron chi connectivity index (χ4n) is 3.65. The van der Waals surface area contributed by atoms with Crippen molar-refractivity contribution in [2.75, 3.05) is 13.2 Å². The molecule has 0 spiro atoms. The SMILES string of the molecule is Cc1cn(-c2cc(OC3COC3)cc(CC3CCC(F)(F)CC3)n2)nc1CF. The second-order valence-corrected chi connectivity index (χ2v) is 7.77. The van der Waals surface area contributed by atoms with Gasteiger partial charge in [-0.3, -0.25) is 0 Å². The summed E-state index contributed by atoms with van der Waals surface area (Å²) in [6.45, 7) is 2.24. The zero-order valence-electron chi connectivity index (χ0n) is 15.8. The average Bonchev–Trinajstić information content (AvgIpc) is 3.01. The van der Waals surface area contributed by atoms with Crippen LogP contribution >= 0.6 is 0 Å². The second-order valence-electron chi connectivity index (χ2n) is 7.77. The van der Waals surface area contributed by atoms with Gasteiger partial charge in [0.15, 0.2) is 5.82 Å². The molecule has 8 heteroatoms. The van der Waals surface area contributed by atoms with E-state index in [1.54, 1.807) is 23.9 Å². The molecular weight excluding hydrogens is 371 g/mol. The number of aromatic nitrogens is 3. The zero-order chi connectivity index (χ0) is 19.7. The van der Waals surface area contributed by atoms with Crippen molar-refractivity contribution in [1.82, 2.24) is 14.8 Å². The van der Waals surface area contributed by atoms with Gasteiger partial charge in [0, 0.05) is 36.9 Å². The van der Waals surface area contributed by atoms with E-state index in [-0.39, 0.29) is 24.9 Å². The van der Waals surface area contributed by atoms with E-state index in [9.17, 15) is 13.2 Å². The van der Waals surface area contributed by atoms with Crippen molar-refractivity contribution in [3.8, 4) is 11.6 Å². The van der Waals surface area contributed by atoms with Gasteiger partial charge in [-0.05, 0) is 37.7 Å². The molecule has 2 fully saturated rings. The van der Waals surface area contributed by atoms with Gasteiger partial charge in [-0.1, -0.05) is 0 Å². The highest BCUT2D eigenvalue weighted by atomic mass is 19.3. The third-order valence-electron chi connectivity index (χ3n) is 5.44. The molecule has 5 nitrogen and oxygen atoms in total. The van der Waals surface area contributed by atoms with E-state index >= 15 is 0 Å². The van der Waals surface area contributed by atoms with E-state index in [1.807, 2.05) is 6.07 Å². The number of alkyl halides is 3. The molecule has 0 aromatic carbocycles. The Morgan fingerprint density at radius 2 is 2.00 bits per heavy atom. The van der Waals surface area contributed by atoms with Crippen molar-refractivity contribution >= 4 is 0 Å². The van der Waals surface area contributed by atoms with Crippen molar-refractivity contribution in [3.05, 3.63) is 35.3 Å². The Morgan fingerprint density at radius 1 is 1.25 bits per heavy atom. The maximum atomic E-state index is 13.4. The van der Waals surface area contributed by atoms with Gasteiger partial charge >= 0.3 is 0 Å². The van der Waals surface area contributed by atoms with Crippen LogP contribution in [0.5, 0.6) is 5.75 Å². The normalized spacial score (nSPS) is 20.1. The number of ether oxygens (including phenoxy) is 2. The van der Waals surface area contributed by atoms with Gasteiger partial charge in [-0.25, -0.2) is 22.8 Å². The molecule has 2 aromatic rings. The summed E-state index contributed by atoms with van der Waals surface area (Å²) < 4.78 is 52.6. The molecule has 0 atom stereocenters. The molecule has 0 radical (unpaired) electrons. The molecule has 28 heavy (non-hydrogen) atoms. The van der Waals surface area contributed by atoms with Gasteiger partial charge in [0.25, 0.3) is 0 Å². The number of pyridine rings is 1. The number of nitrogens with zero attached hydrogens (tertiary/aromatic N) is 3. The monoisotopic (exact) mass is 395 g/mol. The third kappa shape index (κ3) is 4.32. The first-order valence-electron chi connectivity index (χ1n) is 9.66. The van der Waals surface area contributed by atoms with Crippen molar-refractivity contribution in [2.45, 2.75) is 57.7 Å². The number of aryl methyl sites for hydroxylation is 1. The van der Waals surface area contributed by atoms with Gasteiger partial charge in [0.2, 0.25) is 5.92 Å². The van der Waals surface area contributed by atoms with E-state index in [2.05, 4.69) is 10.1 Å². The molecule has 2 aromatic heterocycles. The van der Waals surface area contributed by atoms with Gasteiger partial charge < -0.3 is 9.47 Å². The maximum Gasteiger partial charge on any atom is 0.248 e. The zero-order valence-corrected chi connectivity index (χ0v) is 15.8. The van der Waals surface area contributed by atoms with E-state index in [4.69, 9.17) is 9.47 Å². The van der Waals surface area contributed by atoms with Crippen molar-refractivity contribution in [3.63, 3.8) is 0 Å². The van der Waals surface area contributed by atoms with Crippen LogP contribution in [0.25, 0.3) is 5.82 Å². The number of hydrogen-bond acceptors (Lipinski definition) is 4. The Labute approximate surface area is 161 Å². The van der Waals surface area contributed by atoms with Gasteiger partial charge in [0.05, 0.1) is 18.9 Å². The Kier molecular flexibility index (Phi) is 5.31. The number of rotatable bonds is 6. The van der Waals surface area contributed by atoms with Crippen molar-refractivity contribution in [1.29, 1.82) is 0 Å². The van der Waals surface area contributed by atoms with Crippen LogP contribution in [0.15, 0.2) is 18.3 Å². The molecule has 0 bridgehead atoms. The lowest BCUT2D eigenvalue weighted by Gasteiger charge is -2.29. The second kappa shape index (κ2) is 7.73. The molecule has 1 aliphatic carbocycles. The summed E-state index contributed by atoms with van der Waals surface area (Å²) in [7, 11) is 0. The molecule has 1 saturated carbocycles. The van der Waals surface area contributed by atoms with Crippen molar-refractivity contribution in [2.24, 2.45) is 5.92 Å². The Hall–Kier alpha value is -2.09. The molecule has 0 N–H and O–H groups in total. The van der Waals surface area contributed by atoms with Crippen molar-refractivity contribution < 1.29 is 22.6 Å². The number of halogens is 3. The van der Waals surface area contributed by atoms with Crippen LogP contribution in [0.2, 0.25) is 0 Å². The smallest absolute Gasteiger partial charge is 0.248 e. The summed E-state index contributed by atoms with van der Waals surface area (Å²) in [5, 5.41) is 4.26. The summed E-state index contributed by atoms with van der Waals surface area (Å²) in [6.07, 6.45) is 3.17. The molecule has 1 aliphatic heterocycles. The summed E-state index contributed by atoms with van der Waals surface area (Å²) in [5.41, 5.74) is 1.90. The Balaban J connectivity index is 1.58. The first kappa shape index (κ1) is 19.2.